The third-order valence-corrected chi connectivity index (χ3v) is 11.5. The highest BCUT2D eigenvalue weighted by molar-refractivity contribution is 6.21. The fraction of sp³-hybridized carbons (Fsp3) is 0. The summed E-state index contributed by atoms with van der Waals surface area (Å²) in [5, 5.41) is 5.90. The maximum absolute atomic E-state index is 6.50. The summed E-state index contributed by atoms with van der Waals surface area (Å²) in [6.45, 7) is 0. The first-order valence-electron chi connectivity index (χ1n) is 19.9. The molecular weight excluding hydrogens is 721 g/mol. The molecule has 59 heavy (non-hydrogen) atoms. The highest BCUT2D eigenvalue weighted by atomic mass is 16.5. The van der Waals surface area contributed by atoms with Crippen LogP contribution in [0, 0.1) is 0 Å². The van der Waals surface area contributed by atoms with Crippen LogP contribution in [-0.2, 0) is 0 Å². The molecule has 0 amide bonds. The van der Waals surface area contributed by atoms with Gasteiger partial charge in [0, 0.05) is 38.7 Å². The van der Waals surface area contributed by atoms with Crippen LogP contribution in [0.5, 0.6) is 11.5 Å². The molecule has 0 bridgehead atoms. The van der Waals surface area contributed by atoms with Crippen LogP contribution in [0.3, 0.4) is 0 Å². The Morgan fingerprint density at radius 2 is 1.08 bits per heavy atom. The monoisotopic (exact) mass is 754 g/mol. The molecule has 0 N–H and O–H groups in total. The highest BCUT2D eigenvalue weighted by Crippen LogP contribution is 2.51. The molecule has 5 heteroatoms. The van der Waals surface area contributed by atoms with E-state index in [-0.39, 0.29) is 0 Å². The lowest BCUT2D eigenvalue weighted by Crippen LogP contribution is -2.15. The van der Waals surface area contributed by atoms with Crippen LogP contribution in [0.4, 0.5) is 17.1 Å². The van der Waals surface area contributed by atoms with Crippen molar-refractivity contribution >= 4 is 60.5 Å². The maximum Gasteiger partial charge on any atom is 0.160 e. The lowest BCUT2D eigenvalue weighted by Gasteiger charge is -2.33. The average molecular weight is 755 g/mol. The Morgan fingerprint density at radius 1 is 0.390 bits per heavy atom. The van der Waals surface area contributed by atoms with E-state index in [4.69, 9.17) is 14.7 Å². The summed E-state index contributed by atoms with van der Waals surface area (Å²) in [5.41, 5.74) is 12.5. The van der Waals surface area contributed by atoms with Gasteiger partial charge in [-0.05, 0) is 88.6 Å². The van der Waals surface area contributed by atoms with Crippen LogP contribution in [0.25, 0.3) is 82.9 Å². The van der Waals surface area contributed by atoms with Gasteiger partial charge in [-0.25, -0.2) is 9.97 Å². The molecule has 9 aromatic carbocycles. The van der Waals surface area contributed by atoms with Crippen LogP contribution in [0.1, 0.15) is 0 Å². The van der Waals surface area contributed by atoms with Crippen molar-refractivity contribution in [3.05, 3.63) is 206 Å². The minimum Gasteiger partial charge on any atom is -0.453 e. The van der Waals surface area contributed by atoms with Gasteiger partial charge in [0.15, 0.2) is 17.3 Å². The number of anilines is 3. The number of rotatable bonds is 5. The topological polar surface area (TPSA) is 43.2 Å². The molecule has 0 spiro atoms. The number of hydrogen-bond acceptors (Lipinski definition) is 4. The van der Waals surface area contributed by atoms with Crippen molar-refractivity contribution in [3.63, 3.8) is 0 Å². The lowest BCUT2D eigenvalue weighted by molar-refractivity contribution is 0.477. The van der Waals surface area contributed by atoms with Gasteiger partial charge in [-0.2, -0.15) is 0 Å². The van der Waals surface area contributed by atoms with E-state index in [0.717, 1.165) is 84.1 Å². The van der Waals surface area contributed by atoms with E-state index in [9.17, 15) is 0 Å². The maximum atomic E-state index is 6.50. The molecule has 0 radical (unpaired) electrons. The van der Waals surface area contributed by atoms with E-state index in [0.29, 0.717) is 5.82 Å². The molecule has 11 aromatic rings. The van der Waals surface area contributed by atoms with Crippen molar-refractivity contribution in [1.29, 1.82) is 0 Å². The zero-order valence-electron chi connectivity index (χ0n) is 31.8. The second kappa shape index (κ2) is 13.3. The molecule has 0 saturated carbocycles. The zero-order valence-corrected chi connectivity index (χ0v) is 31.8. The number of fused-ring (bicyclic) bond motifs is 8. The van der Waals surface area contributed by atoms with Gasteiger partial charge in [-0.1, -0.05) is 140 Å². The van der Waals surface area contributed by atoms with E-state index < -0.39 is 0 Å². The van der Waals surface area contributed by atoms with Gasteiger partial charge in [0.1, 0.15) is 0 Å². The molecule has 0 atom stereocenters. The first-order chi connectivity index (χ1) is 29.2. The minimum atomic E-state index is 0.692. The second-order valence-corrected chi connectivity index (χ2v) is 15.0. The van der Waals surface area contributed by atoms with E-state index >= 15 is 0 Å². The Kier molecular flexibility index (Phi) is 7.47. The van der Waals surface area contributed by atoms with E-state index in [1.807, 2.05) is 24.3 Å². The smallest absolute Gasteiger partial charge is 0.160 e. The predicted octanol–water partition coefficient (Wildman–Crippen LogP) is 14.5. The van der Waals surface area contributed by atoms with Crippen molar-refractivity contribution in [2.75, 3.05) is 4.90 Å². The van der Waals surface area contributed by atoms with Gasteiger partial charge in [-0.15, -0.1) is 0 Å². The van der Waals surface area contributed by atoms with Gasteiger partial charge in [0.25, 0.3) is 0 Å². The molecule has 0 aliphatic carbocycles. The predicted molar refractivity (Wildman–Crippen MR) is 242 cm³/mol. The van der Waals surface area contributed by atoms with Gasteiger partial charge in [0.05, 0.1) is 33.6 Å². The van der Waals surface area contributed by atoms with Crippen LogP contribution < -0.4 is 9.64 Å². The number of ether oxygens (including phenoxy) is 1. The summed E-state index contributed by atoms with van der Waals surface area (Å²) in [5.74, 6) is 2.35. The molecular formula is C54H34N4O. The number of hydrogen-bond donors (Lipinski definition) is 0. The Hall–Kier alpha value is -8.02. The fourth-order valence-corrected chi connectivity index (χ4v) is 8.84. The van der Waals surface area contributed by atoms with Crippen LogP contribution in [0.15, 0.2) is 206 Å². The summed E-state index contributed by atoms with van der Waals surface area (Å²) in [7, 11) is 0. The van der Waals surface area contributed by atoms with Crippen LogP contribution in [0.2, 0.25) is 0 Å². The molecule has 0 saturated heterocycles. The van der Waals surface area contributed by atoms with Crippen molar-refractivity contribution < 1.29 is 4.74 Å². The second-order valence-electron chi connectivity index (χ2n) is 15.0. The molecule has 5 nitrogen and oxygen atoms in total. The van der Waals surface area contributed by atoms with Gasteiger partial charge < -0.3 is 14.2 Å². The molecule has 0 unspecified atom stereocenters. The van der Waals surface area contributed by atoms with Gasteiger partial charge in [-0.3, -0.25) is 0 Å². The third kappa shape index (κ3) is 5.40. The number of aromatic nitrogens is 3. The molecule has 12 rings (SSSR count). The van der Waals surface area contributed by atoms with Gasteiger partial charge >= 0.3 is 0 Å². The standard InChI is InChI=1S/C54H34N4O/c1-3-15-36(16-4-1)53-43-22-9-10-23-45(43)55-54(56-53)39-17-13-20-41(32-39)58-47-30-27-35-14-7-8-21-42(35)52(47)44-29-26-37(33-48(44)58)38-28-31-51-49(34-38)57(40-18-5-2-6-19-40)46-24-11-12-25-50(46)59-51/h1-34H. The van der Waals surface area contributed by atoms with Crippen molar-refractivity contribution in [2.24, 2.45) is 0 Å². The van der Waals surface area contributed by atoms with E-state index in [1.165, 1.54) is 21.5 Å². The quantitative estimate of drug-likeness (QED) is 0.175. The zero-order chi connectivity index (χ0) is 38.9. The summed E-state index contributed by atoms with van der Waals surface area (Å²) in [6, 6.07) is 72.6. The number of para-hydroxylation sites is 4. The molecule has 3 heterocycles. The molecule has 2 aromatic heterocycles. The summed E-state index contributed by atoms with van der Waals surface area (Å²) >= 11 is 0. The van der Waals surface area contributed by atoms with Gasteiger partial charge in [0.2, 0.25) is 0 Å². The van der Waals surface area contributed by atoms with Crippen molar-refractivity contribution in [2.45, 2.75) is 0 Å². The molecule has 0 fully saturated rings. The van der Waals surface area contributed by atoms with E-state index in [2.05, 4.69) is 191 Å². The number of benzene rings is 9. The van der Waals surface area contributed by atoms with Crippen molar-refractivity contribution in [1.82, 2.24) is 14.5 Å². The Balaban J connectivity index is 1.05. The third-order valence-electron chi connectivity index (χ3n) is 11.5. The van der Waals surface area contributed by atoms with E-state index in [1.54, 1.807) is 0 Å². The summed E-state index contributed by atoms with van der Waals surface area (Å²) in [4.78, 5) is 12.6. The highest BCUT2D eigenvalue weighted by Gasteiger charge is 2.26. The summed E-state index contributed by atoms with van der Waals surface area (Å²) in [6.07, 6.45) is 0. The Bertz CT molecular complexity index is 3430. The molecule has 276 valence electrons. The van der Waals surface area contributed by atoms with Crippen LogP contribution >= 0.6 is 0 Å². The largest absolute Gasteiger partial charge is 0.453 e. The van der Waals surface area contributed by atoms with Crippen LogP contribution in [-0.4, -0.2) is 14.5 Å². The fourth-order valence-electron chi connectivity index (χ4n) is 8.84. The Labute approximate surface area is 340 Å². The molecule has 1 aliphatic rings. The first-order valence-corrected chi connectivity index (χ1v) is 19.9. The summed E-state index contributed by atoms with van der Waals surface area (Å²) < 4.78 is 8.90. The Morgan fingerprint density at radius 3 is 1.98 bits per heavy atom. The minimum absolute atomic E-state index is 0.692. The lowest BCUT2D eigenvalue weighted by atomic mass is 9.99. The SMILES string of the molecule is c1ccc(-c2nc(-c3cccc(-n4c5cc(-c6ccc7c(c6)N(c6ccccc6)c6ccccc6O7)ccc5c5c6ccccc6ccc54)c3)nc3ccccc23)cc1. The average Bonchev–Trinajstić information content (AvgIpc) is 3.65. The van der Waals surface area contributed by atoms with Crippen molar-refractivity contribution in [3.8, 4) is 51.0 Å². The normalized spacial score (nSPS) is 12.2. The number of nitrogens with zero attached hydrogens (tertiary/aromatic N) is 4. The molecule has 1 aliphatic heterocycles. The first kappa shape index (κ1) is 33.2.